The number of hydrogen-bond donors (Lipinski definition) is 0. The Balaban J connectivity index is 3.74. The first-order chi connectivity index (χ1) is 6.38. The number of benzene rings is 1. The summed E-state index contributed by atoms with van der Waals surface area (Å²) in [5.41, 5.74) is -0.242. The van der Waals surface area contributed by atoms with Crippen molar-refractivity contribution >= 4 is 42.9 Å². The van der Waals surface area contributed by atoms with E-state index >= 15 is 0 Å². The van der Waals surface area contributed by atoms with Gasteiger partial charge in [-0.15, -0.1) is 0 Å². The third kappa shape index (κ3) is 2.12. The summed E-state index contributed by atoms with van der Waals surface area (Å²) >= 11 is 11.2. The Labute approximate surface area is 95.2 Å². The molecule has 0 aliphatic carbocycles. The zero-order chi connectivity index (χ0) is 10.9. The lowest BCUT2D eigenvalue weighted by atomic mass is 10.2. The van der Waals surface area contributed by atoms with Gasteiger partial charge in [0, 0.05) is 10.7 Å². The first-order valence-corrected chi connectivity index (χ1v) is 6.27. The lowest BCUT2D eigenvalue weighted by molar-refractivity contribution is 0.609. The van der Waals surface area contributed by atoms with Crippen LogP contribution in [-0.2, 0) is 9.05 Å². The molecule has 0 aliphatic heterocycles. The Hall–Kier alpha value is -0.470. The highest BCUT2D eigenvalue weighted by Gasteiger charge is 2.22. The van der Waals surface area contributed by atoms with Gasteiger partial charge < -0.3 is 0 Å². The predicted molar refractivity (Wildman–Crippen MR) is 54.2 cm³/mol. The first-order valence-electron chi connectivity index (χ1n) is 3.20. The van der Waals surface area contributed by atoms with E-state index in [4.69, 9.17) is 39.1 Å². The molecule has 7 heteroatoms. The molecule has 1 aromatic rings. The third-order valence-corrected chi connectivity index (χ3v) is 3.53. The second-order valence-corrected chi connectivity index (χ2v) is 5.60. The fourth-order valence-corrected chi connectivity index (χ4v) is 2.89. The van der Waals surface area contributed by atoms with Crippen LogP contribution >= 0.6 is 33.9 Å². The molecule has 0 spiro atoms. The lowest BCUT2D eigenvalue weighted by Crippen LogP contribution is -1.97. The van der Waals surface area contributed by atoms with Gasteiger partial charge in [-0.1, -0.05) is 23.2 Å². The molecular weight excluding hydrogens is 269 g/mol. The van der Waals surface area contributed by atoms with Gasteiger partial charge in [-0.3, -0.25) is 0 Å². The Morgan fingerprint density at radius 1 is 1.21 bits per heavy atom. The van der Waals surface area contributed by atoms with Crippen LogP contribution in [0.4, 0.5) is 0 Å². The van der Waals surface area contributed by atoms with Crippen molar-refractivity contribution in [3.63, 3.8) is 0 Å². The van der Waals surface area contributed by atoms with Crippen molar-refractivity contribution in [3.05, 3.63) is 27.7 Å². The lowest BCUT2D eigenvalue weighted by Gasteiger charge is -2.03. The van der Waals surface area contributed by atoms with Crippen LogP contribution in [0.5, 0.6) is 0 Å². The molecule has 3 nitrogen and oxygen atoms in total. The van der Waals surface area contributed by atoms with Crippen molar-refractivity contribution in [2.24, 2.45) is 0 Å². The van der Waals surface area contributed by atoms with E-state index in [-0.39, 0.29) is 15.6 Å². The van der Waals surface area contributed by atoms with Gasteiger partial charge in [-0.05, 0) is 12.1 Å². The van der Waals surface area contributed by atoms with Gasteiger partial charge in [0.15, 0.2) is 0 Å². The second-order valence-electron chi connectivity index (χ2n) is 2.28. The molecule has 0 N–H and O–H groups in total. The van der Waals surface area contributed by atoms with Gasteiger partial charge in [0.1, 0.15) is 11.0 Å². The van der Waals surface area contributed by atoms with E-state index in [0.717, 1.165) is 0 Å². The third-order valence-electron chi connectivity index (χ3n) is 1.41. The van der Waals surface area contributed by atoms with Gasteiger partial charge in [-0.2, -0.15) is 5.26 Å². The molecule has 0 bridgehead atoms. The Kier molecular flexibility index (Phi) is 3.28. The maximum Gasteiger partial charge on any atom is 0.264 e. The van der Waals surface area contributed by atoms with E-state index < -0.39 is 13.9 Å². The molecule has 0 amide bonds. The van der Waals surface area contributed by atoms with Crippen LogP contribution in [0.2, 0.25) is 10.0 Å². The van der Waals surface area contributed by atoms with E-state index in [1.165, 1.54) is 12.1 Å². The average molecular weight is 271 g/mol. The molecule has 0 aliphatic rings. The summed E-state index contributed by atoms with van der Waals surface area (Å²) in [5, 5.41) is 8.54. The molecule has 0 unspecified atom stereocenters. The molecule has 1 aromatic carbocycles. The molecular formula is C7H2Cl3NO2S. The number of rotatable bonds is 1. The molecule has 0 aromatic heterocycles. The predicted octanol–water partition coefficient (Wildman–Crippen LogP) is 2.79. The van der Waals surface area contributed by atoms with Gasteiger partial charge >= 0.3 is 0 Å². The monoisotopic (exact) mass is 269 g/mol. The number of hydrogen-bond acceptors (Lipinski definition) is 3. The van der Waals surface area contributed by atoms with Crippen LogP contribution in [0.15, 0.2) is 17.0 Å². The smallest absolute Gasteiger partial charge is 0.207 e. The van der Waals surface area contributed by atoms with E-state index in [1.807, 2.05) is 0 Å². The largest absolute Gasteiger partial charge is 0.264 e. The van der Waals surface area contributed by atoms with Crippen molar-refractivity contribution in [2.45, 2.75) is 4.90 Å². The highest BCUT2D eigenvalue weighted by molar-refractivity contribution is 8.13. The van der Waals surface area contributed by atoms with Crippen LogP contribution in [0, 0.1) is 11.3 Å². The molecule has 0 atom stereocenters. The normalized spacial score (nSPS) is 11.0. The molecule has 1 rings (SSSR count). The maximum absolute atomic E-state index is 11.1. The molecule has 0 radical (unpaired) electrons. The van der Waals surface area contributed by atoms with Gasteiger partial charge in [0.25, 0.3) is 9.05 Å². The SMILES string of the molecule is N#Cc1c(Cl)ccc(Cl)c1S(=O)(=O)Cl. The van der Waals surface area contributed by atoms with Crippen molar-refractivity contribution < 1.29 is 8.42 Å². The first kappa shape index (κ1) is 11.6. The van der Waals surface area contributed by atoms with E-state index in [2.05, 4.69) is 0 Å². The molecule has 0 fully saturated rings. The van der Waals surface area contributed by atoms with E-state index in [9.17, 15) is 8.42 Å². The highest BCUT2D eigenvalue weighted by Crippen LogP contribution is 2.32. The van der Waals surface area contributed by atoms with Crippen molar-refractivity contribution in [1.29, 1.82) is 5.26 Å². The molecule has 0 heterocycles. The Morgan fingerprint density at radius 3 is 2.07 bits per heavy atom. The average Bonchev–Trinajstić information content (AvgIpc) is 2.06. The minimum absolute atomic E-state index is 0.00359. The van der Waals surface area contributed by atoms with Gasteiger partial charge in [0.2, 0.25) is 0 Å². The van der Waals surface area contributed by atoms with Crippen molar-refractivity contribution in [2.75, 3.05) is 0 Å². The maximum atomic E-state index is 11.1. The van der Waals surface area contributed by atoms with Crippen LogP contribution in [-0.4, -0.2) is 8.42 Å². The standard InChI is InChI=1S/C7H2Cl3NO2S/c8-5-1-2-6(9)7(4(5)3-11)14(10,12)13/h1-2H. The number of nitrogens with zero attached hydrogens (tertiary/aromatic N) is 1. The van der Waals surface area contributed by atoms with Crippen molar-refractivity contribution in [1.82, 2.24) is 0 Å². The number of nitriles is 1. The topological polar surface area (TPSA) is 57.9 Å². The fourth-order valence-electron chi connectivity index (χ4n) is 0.876. The second kappa shape index (κ2) is 3.95. The minimum atomic E-state index is -4.07. The minimum Gasteiger partial charge on any atom is -0.207 e. The fraction of sp³-hybridized carbons (Fsp3) is 0. The summed E-state index contributed by atoms with van der Waals surface area (Å²) in [7, 11) is 1.03. The quantitative estimate of drug-likeness (QED) is 0.737. The van der Waals surface area contributed by atoms with Crippen LogP contribution in [0.25, 0.3) is 0 Å². The Bertz CT molecular complexity index is 518. The van der Waals surface area contributed by atoms with Crippen LogP contribution < -0.4 is 0 Å². The van der Waals surface area contributed by atoms with Gasteiger partial charge in [0.05, 0.1) is 15.6 Å². The summed E-state index contributed by atoms with van der Waals surface area (Å²) in [6.07, 6.45) is 0. The molecule has 0 saturated carbocycles. The van der Waals surface area contributed by atoms with Gasteiger partial charge in [-0.25, -0.2) is 8.42 Å². The molecule has 74 valence electrons. The summed E-state index contributed by atoms with van der Waals surface area (Å²) in [6.45, 7) is 0. The zero-order valence-corrected chi connectivity index (χ0v) is 9.54. The summed E-state index contributed by atoms with van der Waals surface area (Å²) in [4.78, 5) is -0.448. The Morgan fingerprint density at radius 2 is 1.71 bits per heavy atom. The zero-order valence-electron chi connectivity index (χ0n) is 6.46. The summed E-state index contributed by atoms with van der Waals surface area (Å²) in [5.74, 6) is 0. The van der Waals surface area contributed by atoms with Crippen LogP contribution in [0.1, 0.15) is 5.56 Å². The highest BCUT2D eigenvalue weighted by atomic mass is 35.7. The van der Waals surface area contributed by atoms with E-state index in [1.54, 1.807) is 6.07 Å². The summed E-state index contributed by atoms with van der Waals surface area (Å²) in [6, 6.07) is 4.22. The van der Waals surface area contributed by atoms with Crippen molar-refractivity contribution in [3.8, 4) is 6.07 Å². The van der Waals surface area contributed by atoms with Crippen LogP contribution in [0.3, 0.4) is 0 Å². The number of halogens is 3. The summed E-state index contributed by atoms with van der Waals surface area (Å²) < 4.78 is 22.1. The molecule has 14 heavy (non-hydrogen) atoms. The van der Waals surface area contributed by atoms with E-state index in [0.29, 0.717) is 0 Å². The molecule has 0 saturated heterocycles.